The third kappa shape index (κ3) is 6.16. The number of phenols is 1. The third-order valence-corrected chi connectivity index (χ3v) is 1.79. The number of hydrogen-bond donors (Lipinski definition) is 1. The first-order chi connectivity index (χ1) is 7.33. The van der Waals surface area contributed by atoms with Crippen LogP contribution in [0.15, 0.2) is 67.2 Å². The van der Waals surface area contributed by atoms with E-state index in [0.29, 0.717) is 5.75 Å². The van der Waals surface area contributed by atoms with Gasteiger partial charge in [0.05, 0.1) is 0 Å². The van der Waals surface area contributed by atoms with E-state index < -0.39 is 0 Å². The van der Waals surface area contributed by atoms with Crippen LogP contribution in [0.25, 0.3) is 6.08 Å². The van der Waals surface area contributed by atoms with Crippen molar-refractivity contribution in [2.75, 3.05) is 0 Å². The number of rotatable bonds is 1. The van der Waals surface area contributed by atoms with Gasteiger partial charge in [0.1, 0.15) is 5.75 Å². The van der Waals surface area contributed by atoms with Crippen LogP contribution in [-0.4, -0.2) is 5.11 Å². The fraction of sp³-hybridized carbons (Fsp3) is 0. The molecule has 0 unspecified atom stereocenters. The summed E-state index contributed by atoms with van der Waals surface area (Å²) < 4.78 is 0. The topological polar surface area (TPSA) is 20.2 Å². The van der Waals surface area contributed by atoms with Gasteiger partial charge in [-0.1, -0.05) is 61.2 Å². The van der Waals surface area contributed by atoms with Crippen molar-refractivity contribution in [2.45, 2.75) is 0 Å². The zero-order valence-electron chi connectivity index (χ0n) is 8.86. The number of benzene rings is 2. The van der Waals surface area contributed by atoms with E-state index in [0.717, 1.165) is 0 Å². The molecule has 84 valence electrons. The quantitative estimate of drug-likeness (QED) is 0.796. The minimum Gasteiger partial charge on any atom is -0.508 e. The van der Waals surface area contributed by atoms with Gasteiger partial charge >= 0.3 is 0 Å². The normalized spacial score (nSPS) is 8.00. The molecule has 0 atom stereocenters. The molecule has 2 aromatic rings. The van der Waals surface area contributed by atoms with Gasteiger partial charge < -0.3 is 5.11 Å². The van der Waals surface area contributed by atoms with Crippen LogP contribution in [0.2, 0.25) is 0 Å². The van der Waals surface area contributed by atoms with Crippen LogP contribution in [0, 0.1) is 0 Å². The first-order valence-corrected chi connectivity index (χ1v) is 4.74. The average Bonchev–Trinajstić information content (AvgIpc) is 2.32. The molecule has 0 aliphatic heterocycles. The summed E-state index contributed by atoms with van der Waals surface area (Å²) in [5, 5.41) is 8.63. The van der Waals surface area contributed by atoms with Crippen molar-refractivity contribution in [3.8, 4) is 5.75 Å². The summed E-state index contributed by atoms with van der Waals surface area (Å²) >= 11 is 0. The molecule has 0 aliphatic carbocycles. The van der Waals surface area contributed by atoms with Crippen LogP contribution in [-0.2, 0) is 19.5 Å². The van der Waals surface area contributed by atoms with E-state index in [2.05, 4.69) is 6.58 Å². The van der Waals surface area contributed by atoms with E-state index in [1.54, 1.807) is 24.3 Å². The zero-order valence-corrected chi connectivity index (χ0v) is 10.6. The minimum atomic E-state index is 0. The van der Waals surface area contributed by atoms with Gasteiger partial charge in [0, 0.05) is 19.5 Å². The van der Waals surface area contributed by atoms with Crippen molar-refractivity contribution >= 4 is 6.08 Å². The number of phenolic OH excluding ortho intramolecular Hbond substituents is 1. The van der Waals surface area contributed by atoms with Crippen molar-refractivity contribution in [3.63, 3.8) is 0 Å². The molecule has 0 radical (unpaired) electrons. The van der Waals surface area contributed by atoms with E-state index in [9.17, 15) is 0 Å². The van der Waals surface area contributed by atoms with Crippen LogP contribution >= 0.6 is 0 Å². The molecule has 2 heteroatoms. The maximum atomic E-state index is 8.63. The molecule has 0 spiro atoms. The second kappa shape index (κ2) is 8.88. The van der Waals surface area contributed by atoms with Crippen LogP contribution in [0.3, 0.4) is 0 Å². The zero-order chi connectivity index (χ0) is 10.9. The Morgan fingerprint density at radius 1 is 0.812 bits per heavy atom. The molecule has 0 bridgehead atoms. The fourth-order valence-corrected chi connectivity index (χ4v) is 1.02. The Morgan fingerprint density at radius 3 is 1.50 bits per heavy atom. The van der Waals surface area contributed by atoms with E-state index in [1.165, 1.54) is 5.56 Å². The SMILES string of the molecule is C=Cc1ccccc1.Oc1ccccc1.[Ru]. The molecule has 0 aliphatic rings. The molecule has 2 aromatic carbocycles. The Labute approximate surface area is 109 Å². The van der Waals surface area contributed by atoms with E-state index in [-0.39, 0.29) is 19.5 Å². The van der Waals surface area contributed by atoms with Gasteiger partial charge in [-0.25, -0.2) is 0 Å². The van der Waals surface area contributed by atoms with E-state index in [1.807, 2.05) is 42.5 Å². The predicted molar refractivity (Wildman–Crippen MR) is 64.6 cm³/mol. The van der Waals surface area contributed by atoms with Crippen molar-refractivity contribution in [1.82, 2.24) is 0 Å². The molecular formula is C14H14ORu. The summed E-state index contributed by atoms with van der Waals surface area (Å²) in [4.78, 5) is 0. The van der Waals surface area contributed by atoms with Crippen molar-refractivity contribution < 1.29 is 24.6 Å². The van der Waals surface area contributed by atoms with Crippen LogP contribution in [0.1, 0.15) is 5.56 Å². The number of aromatic hydroxyl groups is 1. The molecule has 1 nitrogen and oxygen atoms in total. The molecule has 0 saturated heterocycles. The molecule has 1 N–H and O–H groups in total. The van der Waals surface area contributed by atoms with E-state index >= 15 is 0 Å². The van der Waals surface area contributed by atoms with Gasteiger partial charge in [0.15, 0.2) is 0 Å². The Balaban J connectivity index is 0.000000267. The molecule has 0 fully saturated rings. The summed E-state index contributed by atoms with van der Waals surface area (Å²) in [7, 11) is 0. The van der Waals surface area contributed by atoms with E-state index in [4.69, 9.17) is 5.11 Å². The van der Waals surface area contributed by atoms with Crippen LogP contribution in [0.4, 0.5) is 0 Å². The van der Waals surface area contributed by atoms with Gasteiger partial charge in [0.2, 0.25) is 0 Å². The molecule has 0 saturated carbocycles. The third-order valence-electron chi connectivity index (χ3n) is 1.79. The van der Waals surface area contributed by atoms with Crippen molar-refractivity contribution in [2.24, 2.45) is 0 Å². The average molecular weight is 299 g/mol. The monoisotopic (exact) mass is 300 g/mol. The second-order valence-electron chi connectivity index (χ2n) is 2.95. The second-order valence-corrected chi connectivity index (χ2v) is 2.95. The first kappa shape index (κ1) is 14.6. The number of hydrogen-bond acceptors (Lipinski definition) is 1. The molecule has 2 rings (SSSR count). The summed E-state index contributed by atoms with van der Waals surface area (Å²) in [5.74, 6) is 0.322. The Bertz CT molecular complexity index is 384. The fourth-order valence-electron chi connectivity index (χ4n) is 1.02. The van der Waals surface area contributed by atoms with Crippen molar-refractivity contribution in [1.29, 1.82) is 0 Å². The smallest absolute Gasteiger partial charge is 0.115 e. The standard InChI is InChI=1S/C8H8.C6H6O.Ru/c1-2-8-6-4-3-5-7-8;7-6-4-2-1-3-5-6;/h2-7H,1H2;1-5,7H;. The van der Waals surface area contributed by atoms with Gasteiger partial charge in [-0.15, -0.1) is 0 Å². The molecular weight excluding hydrogens is 285 g/mol. The van der Waals surface area contributed by atoms with Crippen LogP contribution < -0.4 is 0 Å². The first-order valence-electron chi connectivity index (χ1n) is 4.74. The van der Waals surface area contributed by atoms with Gasteiger partial charge in [-0.3, -0.25) is 0 Å². The largest absolute Gasteiger partial charge is 0.508 e. The Hall–Kier alpha value is -1.40. The van der Waals surface area contributed by atoms with Crippen molar-refractivity contribution in [3.05, 3.63) is 72.8 Å². The maximum absolute atomic E-state index is 8.63. The summed E-state index contributed by atoms with van der Waals surface area (Å²) in [6, 6.07) is 18.7. The Kier molecular flexibility index (Phi) is 8.10. The molecule has 16 heavy (non-hydrogen) atoms. The molecule has 0 aromatic heterocycles. The maximum Gasteiger partial charge on any atom is 0.115 e. The number of para-hydroxylation sites is 1. The van der Waals surface area contributed by atoms with Gasteiger partial charge in [-0.05, 0) is 17.7 Å². The summed E-state index contributed by atoms with van der Waals surface area (Å²) in [6.45, 7) is 3.63. The Morgan fingerprint density at radius 2 is 1.25 bits per heavy atom. The summed E-state index contributed by atoms with van der Waals surface area (Å²) in [6.07, 6.45) is 1.83. The predicted octanol–water partition coefficient (Wildman–Crippen LogP) is 3.72. The summed E-state index contributed by atoms with van der Waals surface area (Å²) in [5.41, 5.74) is 1.17. The molecule has 0 amide bonds. The minimum absolute atomic E-state index is 0. The van der Waals surface area contributed by atoms with Gasteiger partial charge in [-0.2, -0.15) is 0 Å². The molecule has 0 heterocycles. The van der Waals surface area contributed by atoms with Gasteiger partial charge in [0.25, 0.3) is 0 Å². The van der Waals surface area contributed by atoms with Crippen LogP contribution in [0.5, 0.6) is 5.75 Å².